The molecule has 0 aliphatic carbocycles. The Bertz CT molecular complexity index is 641. The van der Waals surface area contributed by atoms with Crippen molar-refractivity contribution < 1.29 is 19.0 Å². The molecule has 0 aliphatic rings. The maximum Gasteiger partial charge on any atom is 0.337 e. The van der Waals surface area contributed by atoms with Gasteiger partial charge in [-0.05, 0) is 24.3 Å². The van der Waals surface area contributed by atoms with Gasteiger partial charge < -0.3 is 9.84 Å². The zero-order valence-electron chi connectivity index (χ0n) is 9.98. The van der Waals surface area contributed by atoms with Crippen LogP contribution in [0.2, 0.25) is 5.02 Å². The molecule has 3 nitrogen and oxygen atoms in total. The molecule has 0 saturated heterocycles. The molecule has 2 aromatic rings. The fourth-order valence-corrected chi connectivity index (χ4v) is 2.11. The van der Waals surface area contributed by atoms with Gasteiger partial charge in [0.1, 0.15) is 11.6 Å². The molecule has 0 aliphatic heterocycles. The van der Waals surface area contributed by atoms with Crippen LogP contribution in [0.25, 0.3) is 11.1 Å². The number of hydrogen-bond acceptors (Lipinski definition) is 2. The van der Waals surface area contributed by atoms with Crippen molar-refractivity contribution in [1.82, 2.24) is 0 Å². The average molecular weight is 281 g/mol. The Kier molecular flexibility index (Phi) is 3.71. The van der Waals surface area contributed by atoms with E-state index in [1.807, 2.05) is 0 Å². The molecule has 0 amide bonds. The number of carbonyl (C=O) groups is 1. The van der Waals surface area contributed by atoms with Crippen LogP contribution in [0, 0.1) is 5.82 Å². The molecule has 0 heterocycles. The molecule has 0 saturated carbocycles. The minimum atomic E-state index is -1.17. The van der Waals surface area contributed by atoms with Crippen molar-refractivity contribution in [3.05, 3.63) is 52.8 Å². The van der Waals surface area contributed by atoms with Crippen LogP contribution < -0.4 is 4.74 Å². The third kappa shape index (κ3) is 2.53. The van der Waals surface area contributed by atoms with Gasteiger partial charge in [-0.2, -0.15) is 0 Å². The number of rotatable bonds is 3. The van der Waals surface area contributed by atoms with Gasteiger partial charge in [0.2, 0.25) is 0 Å². The van der Waals surface area contributed by atoms with Gasteiger partial charge in [0, 0.05) is 11.1 Å². The van der Waals surface area contributed by atoms with Crippen LogP contribution in [0.3, 0.4) is 0 Å². The highest BCUT2D eigenvalue weighted by molar-refractivity contribution is 6.34. The highest BCUT2D eigenvalue weighted by Crippen LogP contribution is 2.35. The van der Waals surface area contributed by atoms with E-state index in [-0.39, 0.29) is 10.6 Å². The Morgan fingerprint density at radius 2 is 2.00 bits per heavy atom. The zero-order chi connectivity index (χ0) is 14.0. The molecule has 0 bridgehead atoms. The van der Waals surface area contributed by atoms with Crippen molar-refractivity contribution in [1.29, 1.82) is 0 Å². The summed E-state index contributed by atoms with van der Waals surface area (Å²) in [5.74, 6) is -1.27. The first-order valence-corrected chi connectivity index (χ1v) is 5.78. The SMILES string of the molecule is COc1ccc(F)cc1-c1cccc(Cl)c1C(=O)O. The first-order valence-electron chi connectivity index (χ1n) is 5.40. The van der Waals surface area contributed by atoms with Crippen molar-refractivity contribution in [3.8, 4) is 16.9 Å². The van der Waals surface area contributed by atoms with Crippen LogP contribution in [0.4, 0.5) is 4.39 Å². The van der Waals surface area contributed by atoms with E-state index in [1.54, 1.807) is 12.1 Å². The fourth-order valence-electron chi connectivity index (χ4n) is 1.86. The third-order valence-electron chi connectivity index (χ3n) is 2.68. The van der Waals surface area contributed by atoms with Crippen LogP contribution in [-0.2, 0) is 0 Å². The second-order valence-corrected chi connectivity index (χ2v) is 4.22. The topological polar surface area (TPSA) is 46.5 Å². The van der Waals surface area contributed by atoms with Crippen molar-refractivity contribution in [2.45, 2.75) is 0 Å². The predicted molar refractivity (Wildman–Crippen MR) is 70.4 cm³/mol. The molecule has 19 heavy (non-hydrogen) atoms. The first-order chi connectivity index (χ1) is 9.04. The van der Waals surface area contributed by atoms with Gasteiger partial charge in [-0.15, -0.1) is 0 Å². The molecule has 0 aromatic heterocycles. The maximum absolute atomic E-state index is 13.4. The van der Waals surface area contributed by atoms with E-state index >= 15 is 0 Å². The molecule has 98 valence electrons. The lowest BCUT2D eigenvalue weighted by Crippen LogP contribution is -2.02. The van der Waals surface area contributed by atoms with E-state index in [0.717, 1.165) is 0 Å². The summed E-state index contributed by atoms with van der Waals surface area (Å²) in [6, 6.07) is 8.54. The number of halogens is 2. The molecular weight excluding hydrogens is 271 g/mol. The Balaban J connectivity index is 2.75. The second kappa shape index (κ2) is 5.28. The van der Waals surface area contributed by atoms with E-state index < -0.39 is 11.8 Å². The summed E-state index contributed by atoms with van der Waals surface area (Å²) in [5, 5.41) is 9.32. The molecule has 0 unspecified atom stereocenters. The number of ether oxygens (including phenoxy) is 1. The number of hydrogen-bond donors (Lipinski definition) is 1. The van der Waals surface area contributed by atoms with Crippen molar-refractivity contribution >= 4 is 17.6 Å². The summed E-state index contributed by atoms with van der Waals surface area (Å²) in [4.78, 5) is 11.3. The minimum absolute atomic E-state index is 0.0759. The van der Waals surface area contributed by atoms with Crippen LogP contribution in [0.15, 0.2) is 36.4 Å². The normalized spacial score (nSPS) is 10.3. The van der Waals surface area contributed by atoms with Gasteiger partial charge in [-0.25, -0.2) is 9.18 Å². The van der Waals surface area contributed by atoms with Crippen molar-refractivity contribution in [3.63, 3.8) is 0 Å². The largest absolute Gasteiger partial charge is 0.496 e. The molecule has 1 N–H and O–H groups in total. The lowest BCUT2D eigenvalue weighted by Gasteiger charge is -2.12. The number of carboxylic acid groups (broad SMARTS) is 1. The summed E-state index contributed by atoms with van der Waals surface area (Å²) in [6.07, 6.45) is 0. The van der Waals surface area contributed by atoms with Gasteiger partial charge in [0.15, 0.2) is 0 Å². The van der Waals surface area contributed by atoms with Gasteiger partial charge in [-0.1, -0.05) is 23.7 Å². The molecule has 0 atom stereocenters. The van der Waals surface area contributed by atoms with Crippen LogP contribution in [-0.4, -0.2) is 18.2 Å². The average Bonchev–Trinajstić information content (AvgIpc) is 2.37. The zero-order valence-corrected chi connectivity index (χ0v) is 10.7. The van der Waals surface area contributed by atoms with Crippen LogP contribution in [0.5, 0.6) is 5.75 Å². The summed E-state index contributed by atoms with van der Waals surface area (Å²) < 4.78 is 18.5. The highest BCUT2D eigenvalue weighted by Gasteiger charge is 2.18. The molecule has 0 radical (unpaired) electrons. The Morgan fingerprint density at radius 3 is 2.63 bits per heavy atom. The van der Waals surface area contributed by atoms with Crippen LogP contribution in [0.1, 0.15) is 10.4 Å². The standard InChI is InChI=1S/C14H10ClFO3/c1-19-12-6-5-8(16)7-10(12)9-3-2-4-11(15)13(9)14(17)18/h2-7H,1H3,(H,17,18). The molecule has 0 fully saturated rings. The Morgan fingerprint density at radius 1 is 1.26 bits per heavy atom. The lowest BCUT2D eigenvalue weighted by atomic mass is 9.98. The fraction of sp³-hybridized carbons (Fsp3) is 0.0714. The maximum atomic E-state index is 13.4. The lowest BCUT2D eigenvalue weighted by molar-refractivity contribution is 0.0698. The Labute approximate surface area is 114 Å². The van der Waals surface area contributed by atoms with E-state index in [4.69, 9.17) is 16.3 Å². The summed E-state index contributed by atoms with van der Waals surface area (Å²) in [6.45, 7) is 0. The van der Waals surface area contributed by atoms with E-state index in [9.17, 15) is 14.3 Å². The van der Waals surface area contributed by atoms with E-state index in [0.29, 0.717) is 16.9 Å². The van der Waals surface area contributed by atoms with Crippen molar-refractivity contribution in [2.24, 2.45) is 0 Å². The molecule has 0 spiro atoms. The number of aromatic carboxylic acids is 1. The Hall–Kier alpha value is -2.07. The summed E-state index contributed by atoms with van der Waals surface area (Å²) in [7, 11) is 1.43. The number of carboxylic acids is 1. The summed E-state index contributed by atoms with van der Waals surface area (Å²) in [5.41, 5.74) is 0.590. The van der Waals surface area contributed by atoms with Gasteiger partial charge in [-0.3, -0.25) is 0 Å². The van der Waals surface area contributed by atoms with Gasteiger partial charge in [0.05, 0.1) is 17.7 Å². The first kappa shape index (κ1) is 13.4. The summed E-state index contributed by atoms with van der Waals surface area (Å²) >= 11 is 5.89. The van der Waals surface area contributed by atoms with Crippen LogP contribution >= 0.6 is 11.6 Å². The quantitative estimate of drug-likeness (QED) is 0.929. The highest BCUT2D eigenvalue weighted by atomic mass is 35.5. The van der Waals surface area contributed by atoms with Gasteiger partial charge >= 0.3 is 5.97 Å². The van der Waals surface area contributed by atoms with Crippen molar-refractivity contribution in [2.75, 3.05) is 7.11 Å². The minimum Gasteiger partial charge on any atom is -0.496 e. The molecular formula is C14H10ClFO3. The predicted octanol–water partition coefficient (Wildman–Crippen LogP) is 3.85. The van der Waals surface area contributed by atoms with E-state index in [1.165, 1.54) is 31.4 Å². The van der Waals surface area contributed by atoms with E-state index in [2.05, 4.69) is 0 Å². The molecule has 2 aromatic carbocycles. The molecule has 2 rings (SSSR count). The third-order valence-corrected chi connectivity index (χ3v) is 2.99. The van der Waals surface area contributed by atoms with Gasteiger partial charge in [0.25, 0.3) is 0 Å². The molecule has 5 heteroatoms. The monoisotopic (exact) mass is 280 g/mol. The second-order valence-electron chi connectivity index (χ2n) is 3.81. The smallest absolute Gasteiger partial charge is 0.337 e. The number of benzene rings is 2. The number of methoxy groups -OCH3 is 1.